The number of amides is 2. The number of anilines is 2. The molecule has 26 heavy (non-hydrogen) atoms. The highest BCUT2D eigenvalue weighted by atomic mass is 32.2. The van der Waals surface area contributed by atoms with Crippen molar-refractivity contribution in [3.63, 3.8) is 0 Å². The molecule has 1 atom stereocenters. The number of hydrogen-bond acceptors (Lipinski definition) is 4. The van der Waals surface area contributed by atoms with Gasteiger partial charge in [-0.3, -0.25) is 18.8 Å². The number of imide groups is 1. The van der Waals surface area contributed by atoms with Crippen molar-refractivity contribution in [2.75, 3.05) is 9.21 Å². The summed E-state index contributed by atoms with van der Waals surface area (Å²) < 4.78 is 27.7. The second-order valence-electron chi connectivity index (χ2n) is 6.60. The van der Waals surface area contributed by atoms with Crippen LogP contribution in [0.25, 0.3) is 0 Å². The molecular weight excluding hydrogens is 352 g/mol. The molecule has 1 unspecified atom stereocenters. The zero-order valence-corrected chi connectivity index (χ0v) is 15.1. The third kappa shape index (κ3) is 2.50. The lowest BCUT2D eigenvalue weighted by molar-refractivity contribution is -0.121. The Morgan fingerprint density at radius 3 is 2.19 bits per heavy atom. The molecule has 2 aromatic rings. The Labute approximate surface area is 152 Å². The maximum absolute atomic E-state index is 13.1. The van der Waals surface area contributed by atoms with E-state index in [4.69, 9.17) is 0 Å². The van der Waals surface area contributed by atoms with Crippen LogP contribution in [0, 0.1) is 0 Å². The van der Waals surface area contributed by atoms with Crippen LogP contribution in [0.1, 0.15) is 25.3 Å². The molecule has 2 amide bonds. The number of fused-ring (bicyclic) bond motifs is 1. The van der Waals surface area contributed by atoms with Crippen LogP contribution >= 0.6 is 0 Å². The van der Waals surface area contributed by atoms with Crippen LogP contribution in [0.4, 0.5) is 11.4 Å². The monoisotopic (exact) mass is 370 g/mol. The number of para-hydroxylation sites is 1. The fraction of sp³-hybridized carbons (Fsp3) is 0.263. The number of carbonyl (C=O) groups excluding carboxylic acids is 2. The van der Waals surface area contributed by atoms with Crippen LogP contribution in [0.3, 0.4) is 0 Å². The molecule has 0 N–H and O–H groups in total. The normalized spacial score (nSPS) is 20.0. The van der Waals surface area contributed by atoms with E-state index < -0.39 is 10.0 Å². The Hall–Kier alpha value is -2.67. The molecule has 6 nitrogen and oxygen atoms in total. The molecule has 0 spiro atoms. The zero-order valence-electron chi connectivity index (χ0n) is 14.3. The van der Waals surface area contributed by atoms with Gasteiger partial charge in [0.05, 0.1) is 16.3 Å². The highest BCUT2D eigenvalue weighted by Crippen LogP contribution is 2.36. The van der Waals surface area contributed by atoms with Crippen LogP contribution in [0.5, 0.6) is 0 Å². The average Bonchev–Trinajstić information content (AvgIpc) is 3.13. The number of rotatable bonds is 3. The van der Waals surface area contributed by atoms with E-state index in [2.05, 4.69) is 0 Å². The summed E-state index contributed by atoms with van der Waals surface area (Å²) in [5.41, 5.74) is 2.12. The van der Waals surface area contributed by atoms with E-state index >= 15 is 0 Å². The number of hydrogen-bond donors (Lipinski definition) is 0. The Bertz CT molecular complexity index is 982. The largest absolute Gasteiger partial charge is 0.274 e. The first-order valence-corrected chi connectivity index (χ1v) is 9.92. The highest BCUT2D eigenvalue weighted by Gasteiger charge is 2.36. The first-order valence-electron chi connectivity index (χ1n) is 8.48. The minimum Gasteiger partial charge on any atom is -0.274 e. The van der Waals surface area contributed by atoms with Crippen molar-refractivity contribution < 1.29 is 18.0 Å². The van der Waals surface area contributed by atoms with Crippen molar-refractivity contribution in [2.45, 2.75) is 37.1 Å². The van der Waals surface area contributed by atoms with Crippen molar-refractivity contribution in [2.24, 2.45) is 0 Å². The van der Waals surface area contributed by atoms with E-state index in [1.165, 1.54) is 28.6 Å². The lowest BCUT2D eigenvalue weighted by Crippen LogP contribution is -2.35. The quantitative estimate of drug-likeness (QED) is 0.778. The maximum atomic E-state index is 13.1. The lowest BCUT2D eigenvalue weighted by atomic mass is 10.1. The SMILES string of the molecule is CC1Cc2ccccc2N1S(=O)(=O)c1ccc(N2C(=O)CCC2=O)cc1. The topological polar surface area (TPSA) is 74.8 Å². The van der Waals surface area contributed by atoms with Gasteiger partial charge >= 0.3 is 0 Å². The minimum absolute atomic E-state index is 0.142. The van der Waals surface area contributed by atoms with Crippen LogP contribution in [-0.4, -0.2) is 26.3 Å². The molecule has 134 valence electrons. The molecule has 0 radical (unpaired) electrons. The first-order chi connectivity index (χ1) is 12.4. The molecule has 2 aliphatic heterocycles. The Kier molecular flexibility index (Phi) is 3.84. The van der Waals surface area contributed by atoms with Gasteiger partial charge in [-0.2, -0.15) is 0 Å². The summed E-state index contributed by atoms with van der Waals surface area (Å²) in [6.07, 6.45) is 1.06. The van der Waals surface area contributed by atoms with Gasteiger partial charge in [0.2, 0.25) is 11.8 Å². The third-order valence-corrected chi connectivity index (χ3v) is 6.79. The summed E-state index contributed by atoms with van der Waals surface area (Å²) in [7, 11) is -3.72. The molecule has 4 rings (SSSR count). The molecule has 1 saturated heterocycles. The van der Waals surface area contributed by atoms with Gasteiger partial charge in [-0.25, -0.2) is 8.42 Å². The van der Waals surface area contributed by atoms with Crippen LogP contribution in [0.15, 0.2) is 53.4 Å². The molecule has 2 aliphatic rings. The summed E-state index contributed by atoms with van der Waals surface area (Å²) in [6, 6.07) is 13.3. The number of carbonyl (C=O) groups is 2. The fourth-order valence-electron chi connectivity index (χ4n) is 3.65. The van der Waals surface area contributed by atoms with Crippen LogP contribution in [-0.2, 0) is 26.0 Å². The molecule has 2 aromatic carbocycles. The second-order valence-corrected chi connectivity index (χ2v) is 8.41. The Morgan fingerprint density at radius 2 is 1.54 bits per heavy atom. The Morgan fingerprint density at radius 1 is 0.923 bits per heavy atom. The molecule has 0 aromatic heterocycles. The van der Waals surface area contributed by atoms with E-state index in [0.29, 0.717) is 17.8 Å². The summed E-state index contributed by atoms with van der Waals surface area (Å²) in [6.45, 7) is 1.88. The lowest BCUT2D eigenvalue weighted by Gasteiger charge is -2.24. The number of nitrogens with zero attached hydrogens (tertiary/aromatic N) is 2. The minimum atomic E-state index is -3.72. The van der Waals surface area contributed by atoms with Gasteiger partial charge in [0, 0.05) is 18.9 Å². The van der Waals surface area contributed by atoms with Gasteiger partial charge in [-0.05, 0) is 49.2 Å². The fourth-order valence-corrected chi connectivity index (χ4v) is 5.34. The van der Waals surface area contributed by atoms with E-state index in [1.54, 1.807) is 0 Å². The number of benzene rings is 2. The van der Waals surface area contributed by atoms with Gasteiger partial charge in [0.1, 0.15) is 0 Å². The predicted molar refractivity (Wildman–Crippen MR) is 97.4 cm³/mol. The van der Waals surface area contributed by atoms with Crippen molar-refractivity contribution >= 4 is 33.2 Å². The van der Waals surface area contributed by atoms with Crippen molar-refractivity contribution in [3.05, 3.63) is 54.1 Å². The van der Waals surface area contributed by atoms with E-state index in [0.717, 1.165) is 10.5 Å². The van der Waals surface area contributed by atoms with Crippen molar-refractivity contribution in [1.82, 2.24) is 0 Å². The molecule has 1 fully saturated rings. The molecule has 0 bridgehead atoms. The second kappa shape index (κ2) is 5.95. The average molecular weight is 370 g/mol. The molecule has 2 heterocycles. The Balaban J connectivity index is 1.69. The van der Waals surface area contributed by atoms with E-state index in [9.17, 15) is 18.0 Å². The third-order valence-electron chi connectivity index (χ3n) is 4.85. The standard InChI is InChI=1S/C19H18N2O4S/c1-13-12-14-4-2-3-5-17(14)21(13)26(24,25)16-8-6-15(7-9-16)20-18(22)10-11-19(20)23/h2-9,13H,10-12H2,1H3. The van der Waals surface area contributed by atoms with Crippen LogP contribution in [0.2, 0.25) is 0 Å². The van der Waals surface area contributed by atoms with E-state index in [1.807, 2.05) is 31.2 Å². The highest BCUT2D eigenvalue weighted by molar-refractivity contribution is 7.92. The van der Waals surface area contributed by atoms with Gasteiger partial charge < -0.3 is 0 Å². The first kappa shape index (κ1) is 16.8. The predicted octanol–water partition coefficient (Wildman–Crippen LogP) is 2.48. The van der Waals surface area contributed by atoms with Crippen molar-refractivity contribution in [1.29, 1.82) is 0 Å². The molecule has 0 saturated carbocycles. The van der Waals surface area contributed by atoms with E-state index in [-0.39, 0.29) is 35.6 Å². The van der Waals surface area contributed by atoms with Gasteiger partial charge in [-0.15, -0.1) is 0 Å². The van der Waals surface area contributed by atoms with Gasteiger partial charge in [-0.1, -0.05) is 18.2 Å². The van der Waals surface area contributed by atoms with Gasteiger partial charge in [0.25, 0.3) is 10.0 Å². The van der Waals surface area contributed by atoms with Gasteiger partial charge in [0.15, 0.2) is 0 Å². The summed E-state index contributed by atoms with van der Waals surface area (Å²) in [4.78, 5) is 24.9. The summed E-state index contributed by atoms with van der Waals surface area (Å²) in [5.74, 6) is -0.514. The summed E-state index contributed by atoms with van der Waals surface area (Å²) >= 11 is 0. The number of sulfonamides is 1. The molecule has 0 aliphatic carbocycles. The zero-order chi connectivity index (χ0) is 18.5. The van der Waals surface area contributed by atoms with Crippen molar-refractivity contribution in [3.8, 4) is 0 Å². The smallest absolute Gasteiger partial charge is 0.264 e. The van der Waals surface area contributed by atoms with Crippen LogP contribution < -0.4 is 9.21 Å². The molecular formula is C19H18N2O4S. The molecule has 7 heteroatoms. The maximum Gasteiger partial charge on any atom is 0.264 e. The summed E-state index contributed by atoms with van der Waals surface area (Å²) in [5, 5.41) is 0.